The molecule has 1 aromatic heterocycles. The molecule has 4 aliphatic rings. The van der Waals surface area contributed by atoms with E-state index in [1.54, 1.807) is 6.07 Å². The summed E-state index contributed by atoms with van der Waals surface area (Å²) in [5, 5.41) is 19.4. The summed E-state index contributed by atoms with van der Waals surface area (Å²) < 4.78 is 0. The lowest BCUT2D eigenvalue weighted by atomic mass is 9.97. The quantitative estimate of drug-likeness (QED) is 0.148. The number of H-pyrrole nitrogens is 1. The van der Waals surface area contributed by atoms with Crippen LogP contribution in [0.1, 0.15) is 54.9 Å². The zero-order valence-corrected chi connectivity index (χ0v) is 37.4. The maximum absolute atomic E-state index is 7.32. The molecule has 4 N–H and O–H groups in total. The number of nitrogens with two attached hydrogens (primary N) is 1. The number of piperidine rings is 2. The van der Waals surface area contributed by atoms with Gasteiger partial charge in [0.2, 0.25) is 11.9 Å². The lowest BCUT2D eigenvalue weighted by Crippen LogP contribution is -2.51. The van der Waals surface area contributed by atoms with Crippen LogP contribution < -0.4 is 25.8 Å². The molecule has 4 aromatic carbocycles. The van der Waals surface area contributed by atoms with E-state index in [4.69, 9.17) is 34.2 Å². The number of aromatic amines is 1. The number of rotatable bonds is 7. The number of aromatic nitrogens is 3. The Morgan fingerprint density at radius 3 is 1.57 bits per heavy atom. The van der Waals surface area contributed by atoms with Gasteiger partial charge in [0, 0.05) is 106 Å². The average Bonchev–Trinajstić information content (AvgIpc) is 3.60. The van der Waals surface area contributed by atoms with Gasteiger partial charge in [0.05, 0.1) is 6.07 Å². The third-order valence-corrected chi connectivity index (χ3v) is 13.2. The Kier molecular flexibility index (Phi) is 15.4. The van der Waals surface area contributed by atoms with Gasteiger partial charge < -0.3 is 25.8 Å². The molecule has 5 aromatic rings. The summed E-state index contributed by atoms with van der Waals surface area (Å²) >= 11 is 12.2. The molecule has 61 heavy (non-hydrogen) atoms. The molecule has 0 amide bonds. The zero-order valence-electron chi connectivity index (χ0n) is 35.9. The minimum Gasteiger partial charge on any atom is -0.373 e. The number of nitrogens with one attached hydrogen (secondary N) is 2. The first-order valence-electron chi connectivity index (χ1n) is 21.7. The molecule has 0 unspecified atom stereocenters. The highest BCUT2D eigenvalue weighted by Crippen LogP contribution is 2.33. The number of likely N-dealkylation sites (N-methyl/N-ethyl adjacent to an activating group) is 2. The fourth-order valence-electron chi connectivity index (χ4n) is 9.67. The van der Waals surface area contributed by atoms with Crippen LogP contribution in [0.4, 0.5) is 23.3 Å². The van der Waals surface area contributed by atoms with Crippen LogP contribution in [0, 0.1) is 11.3 Å². The number of benzene rings is 4. The van der Waals surface area contributed by atoms with Crippen molar-refractivity contribution in [1.29, 1.82) is 5.26 Å². The van der Waals surface area contributed by atoms with E-state index >= 15 is 0 Å². The Labute approximate surface area is 372 Å². The molecule has 11 nitrogen and oxygen atoms in total. The number of anilines is 4. The maximum Gasteiger partial charge on any atom is 0.246 e. The number of nitrogen functional groups attached to an aromatic ring is 1. The molecule has 0 aliphatic carbocycles. The predicted molar refractivity (Wildman–Crippen MR) is 252 cm³/mol. The van der Waals surface area contributed by atoms with Crippen molar-refractivity contribution < 1.29 is 0 Å². The molecule has 0 saturated carbocycles. The van der Waals surface area contributed by atoms with E-state index in [9.17, 15) is 0 Å². The summed E-state index contributed by atoms with van der Waals surface area (Å²) in [5.74, 6) is 1.08. The van der Waals surface area contributed by atoms with Gasteiger partial charge in [-0.3, -0.25) is 9.80 Å². The van der Waals surface area contributed by atoms with Crippen LogP contribution >= 0.6 is 23.2 Å². The minimum absolute atomic E-state index is 0.373. The standard InChI is InChI=1S/C24H30ClN7.C22H28ClN3.C2H3N/c1-30-16-21(14-17-6-8-19(25)9-7-17)32(15-18-4-2-3-5-22(18)30)20-10-12-31(13-11-20)24-27-23(26)28-29-24;1-25-16-21(14-17-6-8-19(23)9-7-17)26(20-10-12-24-13-11-20)15-18-4-2-3-5-22(18)25;1-2-3/h2-9,20-21H,10-16H2,1H3,(H3,26,27,28,29);2-9,20-21,24H,10-16H2,1H3;1H3/t2*21-;/m00./s1. The monoisotopic (exact) mass is 861 g/mol. The molecule has 0 bridgehead atoms. The van der Waals surface area contributed by atoms with Gasteiger partial charge >= 0.3 is 0 Å². The maximum atomic E-state index is 7.32. The van der Waals surface area contributed by atoms with Gasteiger partial charge in [0.15, 0.2) is 0 Å². The van der Waals surface area contributed by atoms with Crippen LogP contribution in [0.25, 0.3) is 0 Å². The lowest BCUT2D eigenvalue weighted by Gasteiger charge is -2.42. The average molecular weight is 863 g/mol. The number of halogens is 2. The first-order valence-corrected chi connectivity index (χ1v) is 22.5. The topological polar surface area (TPSA) is 120 Å². The van der Waals surface area contributed by atoms with E-state index in [0.29, 0.717) is 36.1 Å². The Bertz CT molecular complexity index is 2160. The van der Waals surface area contributed by atoms with E-state index < -0.39 is 0 Å². The first kappa shape index (κ1) is 44.2. The highest BCUT2D eigenvalue weighted by Gasteiger charge is 2.35. The molecule has 2 fully saturated rings. The Morgan fingerprint density at radius 2 is 1.13 bits per heavy atom. The predicted octanol–water partition coefficient (Wildman–Crippen LogP) is 8.06. The number of nitriles is 1. The van der Waals surface area contributed by atoms with Gasteiger partial charge in [-0.25, -0.2) is 5.10 Å². The highest BCUT2D eigenvalue weighted by molar-refractivity contribution is 6.30. The molecule has 5 heterocycles. The Balaban J connectivity index is 0.000000176. The van der Waals surface area contributed by atoms with Crippen molar-refractivity contribution in [2.24, 2.45) is 0 Å². The summed E-state index contributed by atoms with van der Waals surface area (Å²) in [7, 11) is 4.45. The Hall–Kier alpha value is -4.83. The number of hydrogen-bond donors (Lipinski definition) is 3. The molecule has 322 valence electrons. The van der Waals surface area contributed by atoms with Crippen molar-refractivity contribution in [3.8, 4) is 6.07 Å². The van der Waals surface area contributed by atoms with Crippen molar-refractivity contribution >= 4 is 46.5 Å². The van der Waals surface area contributed by atoms with Crippen molar-refractivity contribution in [2.45, 2.75) is 82.7 Å². The second kappa shape index (κ2) is 21.3. The van der Waals surface area contributed by atoms with E-state index in [1.807, 2.05) is 24.3 Å². The van der Waals surface area contributed by atoms with Crippen molar-refractivity contribution in [3.05, 3.63) is 129 Å². The van der Waals surface area contributed by atoms with E-state index in [-0.39, 0.29) is 0 Å². The van der Waals surface area contributed by atoms with Crippen molar-refractivity contribution in [1.82, 2.24) is 30.3 Å². The van der Waals surface area contributed by atoms with Crippen LogP contribution in [0.2, 0.25) is 10.0 Å². The highest BCUT2D eigenvalue weighted by atomic mass is 35.5. The van der Waals surface area contributed by atoms with Gasteiger partial charge in [-0.05, 0) is 110 Å². The fourth-order valence-corrected chi connectivity index (χ4v) is 9.92. The largest absolute Gasteiger partial charge is 0.373 e. The van der Waals surface area contributed by atoms with Crippen LogP contribution in [0.3, 0.4) is 0 Å². The Morgan fingerprint density at radius 1 is 0.689 bits per heavy atom. The number of hydrogen-bond acceptors (Lipinski definition) is 10. The summed E-state index contributed by atoms with van der Waals surface area (Å²) in [4.78, 5) is 16.9. The summed E-state index contributed by atoms with van der Waals surface area (Å²) in [6.45, 7) is 9.63. The second-order valence-corrected chi connectivity index (χ2v) is 17.6. The summed E-state index contributed by atoms with van der Waals surface area (Å²) in [6, 6.07) is 38.3. The van der Waals surface area contributed by atoms with E-state index in [0.717, 1.165) is 88.1 Å². The van der Waals surface area contributed by atoms with Crippen LogP contribution in [0.15, 0.2) is 97.1 Å². The molecule has 0 radical (unpaired) electrons. The molecular weight excluding hydrogens is 802 g/mol. The SMILES string of the molecule is CC#N.CN1C[C@H](Cc2ccc(Cl)cc2)N(C2CCN(c3n[nH]c(N)n3)CC2)Cc2ccccc21.CN1C[C@H](Cc2ccc(Cl)cc2)N(C2CCNCC2)Cc2ccccc21. The van der Waals surface area contributed by atoms with Gasteiger partial charge in [-0.1, -0.05) is 83.9 Å². The lowest BCUT2D eigenvalue weighted by molar-refractivity contribution is 0.106. The van der Waals surface area contributed by atoms with Crippen molar-refractivity contribution in [2.75, 3.05) is 73.8 Å². The van der Waals surface area contributed by atoms with Gasteiger partial charge in [0.25, 0.3) is 0 Å². The molecular formula is C48H61Cl2N11. The van der Waals surface area contributed by atoms with E-state index in [1.165, 1.54) is 53.4 Å². The third-order valence-electron chi connectivity index (χ3n) is 12.7. The minimum atomic E-state index is 0.373. The second-order valence-electron chi connectivity index (χ2n) is 16.8. The first-order chi connectivity index (χ1) is 29.7. The number of fused-ring (bicyclic) bond motifs is 2. The molecule has 4 aliphatic heterocycles. The van der Waals surface area contributed by atoms with Crippen molar-refractivity contribution in [3.63, 3.8) is 0 Å². The molecule has 2 saturated heterocycles. The molecule has 13 heteroatoms. The van der Waals surface area contributed by atoms with Crippen LogP contribution in [-0.4, -0.2) is 103 Å². The third kappa shape index (κ3) is 11.6. The smallest absolute Gasteiger partial charge is 0.246 e. The van der Waals surface area contributed by atoms with Crippen LogP contribution in [0.5, 0.6) is 0 Å². The normalized spacial score (nSPS) is 20.2. The number of para-hydroxylation sites is 2. The van der Waals surface area contributed by atoms with Gasteiger partial charge in [0.1, 0.15) is 0 Å². The fraction of sp³-hybridized carbons (Fsp3) is 0.438. The summed E-state index contributed by atoms with van der Waals surface area (Å²) in [6.07, 6.45) is 6.72. The molecule has 9 rings (SSSR count). The van der Waals surface area contributed by atoms with Crippen LogP contribution in [-0.2, 0) is 25.9 Å². The van der Waals surface area contributed by atoms with Gasteiger partial charge in [-0.2, -0.15) is 10.2 Å². The zero-order chi connectivity index (χ0) is 42.7. The summed E-state index contributed by atoms with van der Waals surface area (Å²) in [5.41, 5.74) is 14.0. The van der Waals surface area contributed by atoms with Gasteiger partial charge in [-0.15, -0.1) is 5.10 Å². The molecule has 2 atom stereocenters. The molecule has 0 spiro atoms. The number of nitrogens with zero attached hydrogens (tertiary/aromatic N) is 8. The van der Waals surface area contributed by atoms with E-state index in [2.05, 4.69) is 132 Å².